The zero-order valence-corrected chi connectivity index (χ0v) is 18.5. The van der Waals surface area contributed by atoms with E-state index in [0.717, 1.165) is 0 Å². The number of carbonyl (C=O) groups is 4. The summed E-state index contributed by atoms with van der Waals surface area (Å²) in [5.41, 5.74) is 6.52. The van der Waals surface area contributed by atoms with Crippen LogP contribution in [-0.2, 0) is 23.9 Å². The predicted molar refractivity (Wildman–Crippen MR) is 118 cm³/mol. The van der Waals surface area contributed by atoms with E-state index in [1.807, 2.05) is 6.07 Å². The number of nitrogens with zero attached hydrogens (tertiary/aromatic N) is 2. The van der Waals surface area contributed by atoms with E-state index in [1.165, 1.54) is 9.80 Å². The van der Waals surface area contributed by atoms with E-state index in [1.54, 1.807) is 24.3 Å². The van der Waals surface area contributed by atoms with Crippen molar-refractivity contribution in [3.63, 3.8) is 0 Å². The predicted octanol–water partition coefficient (Wildman–Crippen LogP) is -1.66. The van der Waals surface area contributed by atoms with E-state index in [2.05, 4.69) is 10.6 Å². The van der Waals surface area contributed by atoms with Crippen LogP contribution >= 0.6 is 0 Å². The second-order valence-electron chi connectivity index (χ2n) is 7.95. The highest BCUT2D eigenvalue weighted by molar-refractivity contribution is 5.94. The van der Waals surface area contributed by atoms with Gasteiger partial charge in [-0.1, -0.05) is 18.2 Å². The number of ether oxygens (including phenoxy) is 2. The number of hydrogen-bond donors (Lipinski definition) is 3. The minimum absolute atomic E-state index is 0.111. The van der Waals surface area contributed by atoms with Crippen molar-refractivity contribution < 1.29 is 28.7 Å². The molecular formula is C22H31N5O6. The molecule has 0 aliphatic carbocycles. The Morgan fingerprint density at radius 1 is 1.09 bits per heavy atom. The van der Waals surface area contributed by atoms with E-state index in [9.17, 15) is 19.2 Å². The van der Waals surface area contributed by atoms with Crippen LogP contribution in [0, 0.1) is 0 Å². The molecule has 2 fully saturated rings. The van der Waals surface area contributed by atoms with Crippen LogP contribution in [0.25, 0.3) is 0 Å². The third-order valence-corrected chi connectivity index (χ3v) is 5.48. The number of benzene rings is 1. The summed E-state index contributed by atoms with van der Waals surface area (Å²) < 4.78 is 10.8. The number of nitrogens with one attached hydrogen (secondary N) is 2. The van der Waals surface area contributed by atoms with Crippen molar-refractivity contribution in [2.24, 2.45) is 5.73 Å². The van der Waals surface area contributed by atoms with Gasteiger partial charge in [0.2, 0.25) is 17.7 Å². The normalized spacial score (nSPS) is 23.4. The van der Waals surface area contributed by atoms with Gasteiger partial charge in [-0.05, 0) is 18.6 Å². The summed E-state index contributed by atoms with van der Waals surface area (Å²) >= 11 is 0. The standard InChI is InChI=1S/C22H31N5O6/c23-17-12-18-22(31)25-7-9-32-10-11-33-15-20(29)26(14-19(28)27(18)13-17)8-6-24-21(30)16-4-2-1-3-5-16/h1-5,17-18H,6-15,23H2,(H,24,30)(H,25,31)/t17-,18-/m0/s1. The number of fused-ring (bicyclic) bond motifs is 1. The summed E-state index contributed by atoms with van der Waals surface area (Å²) in [7, 11) is 0. The molecular weight excluding hydrogens is 430 g/mol. The van der Waals surface area contributed by atoms with Crippen molar-refractivity contribution in [2.75, 3.05) is 59.2 Å². The fourth-order valence-electron chi connectivity index (χ4n) is 3.77. The third kappa shape index (κ3) is 7.24. The van der Waals surface area contributed by atoms with Crippen LogP contribution in [0.5, 0.6) is 0 Å². The fraction of sp³-hybridized carbons (Fsp3) is 0.545. The molecule has 0 spiro atoms. The van der Waals surface area contributed by atoms with Crippen LogP contribution in [0.4, 0.5) is 0 Å². The Morgan fingerprint density at radius 3 is 2.64 bits per heavy atom. The summed E-state index contributed by atoms with van der Waals surface area (Å²) in [6, 6.07) is 7.69. The highest BCUT2D eigenvalue weighted by Gasteiger charge is 2.38. The van der Waals surface area contributed by atoms with Gasteiger partial charge in [-0.2, -0.15) is 0 Å². The summed E-state index contributed by atoms with van der Waals surface area (Å²) in [4.78, 5) is 53.4. The maximum absolute atomic E-state index is 13.0. The zero-order valence-electron chi connectivity index (χ0n) is 18.5. The largest absolute Gasteiger partial charge is 0.377 e. The molecule has 2 aliphatic rings. The maximum atomic E-state index is 13.0. The summed E-state index contributed by atoms with van der Waals surface area (Å²) in [6.45, 7) is 1.11. The summed E-state index contributed by atoms with van der Waals surface area (Å²) in [5.74, 6) is -1.34. The van der Waals surface area contributed by atoms with E-state index < -0.39 is 11.9 Å². The second kappa shape index (κ2) is 12.3. The van der Waals surface area contributed by atoms with Gasteiger partial charge in [-0.3, -0.25) is 19.2 Å². The van der Waals surface area contributed by atoms with Gasteiger partial charge in [-0.15, -0.1) is 0 Å². The quantitative estimate of drug-likeness (QED) is 0.487. The first kappa shape index (κ1) is 24.6. The minimum atomic E-state index is -0.691. The lowest BCUT2D eigenvalue weighted by atomic mass is 10.1. The van der Waals surface area contributed by atoms with Crippen LogP contribution in [-0.4, -0.2) is 105 Å². The molecule has 0 aromatic heterocycles. The van der Waals surface area contributed by atoms with Gasteiger partial charge in [0.1, 0.15) is 12.6 Å². The van der Waals surface area contributed by atoms with Crippen molar-refractivity contribution in [2.45, 2.75) is 18.5 Å². The van der Waals surface area contributed by atoms with Crippen LogP contribution in [0.15, 0.2) is 30.3 Å². The van der Waals surface area contributed by atoms with Crippen LogP contribution in [0.3, 0.4) is 0 Å². The molecule has 2 saturated heterocycles. The Hall–Kier alpha value is -3.02. The lowest BCUT2D eigenvalue weighted by molar-refractivity contribution is -0.145. The molecule has 11 heteroatoms. The molecule has 180 valence electrons. The monoisotopic (exact) mass is 461 g/mol. The lowest BCUT2D eigenvalue weighted by Crippen LogP contribution is -2.51. The molecule has 4 amide bonds. The Labute approximate surface area is 192 Å². The SMILES string of the molecule is N[C@H]1C[C@H]2C(=O)NCCOCCOCC(=O)N(CCNC(=O)c3ccccc3)CC(=O)N2C1. The lowest BCUT2D eigenvalue weighted by Gasteiger charge is -2.28. The molecule has 0 unspecified atom stereocenters. The van der Waals surface area contributed by atoms with Crippen molar-refractivity contribution in [3.8, 4) is 0 Å². The molecule has 0 radical (unpaired) electrons. The van der Waals surface area contributed by atoms with Crippen molar-refractivity contribution >= 4 is 23.6 Å². The molecule has 2 aliphatic heterocycles. The maximum Gasteiger partial charge on any atom is 0.251 e. The number of amides is 4. The van der Waals surface area contributed by atoms with E-state index in [0.29, 0.717) is 25.1 Å². The Balaban J connectivity index is 1.66. The zero-order chi connectivity index (χ0) is 23.6. The average Bonchev–Trinajstić information content (AvgIpc) is 3.21. The Kier molecular flexibility index (Phi) is 9.16. The smallest absolute Gasteiger partial charge is 0.251 e. The van der Waals surface area contributed by atoms with Crippen molar-refractivity contribution in [1.29, 1.82) is 0 Å². The van der Waals surface area contributed by atoms with Crippen LogP contribution in [0.1, 0.15) is 16.8 Å². The molecule has 1 aromatic carbocycles. The molecule has 33 heavy (non-hydrogen) atoms. The number of hydrogen-bond acceptors (Lipinski definition) is 7. The van der Waals surface area contributed by atoms with Gasteiger partial charge in [-0.25, -0.2) is 0 Å². The summed E-state index contributed by atoms with van der Waals surface area (Å²) in [6.07, 6.45) is 0.350. The highest BCUT2D eigenvalue weighted by atomic mass is 16.5. The van der Waals surface area contributed by atoms with Gasteiger partial charge in [0.15, 0.2) is 0 Å². The average molecular weight is 462 g/mol. The van der Waals surface area contributed by atoms with Gasteiger partial charge in [0, 0.05) is 37.8 Å². The first-order valence-corrected chi connectivity index (χ1v) is 11.0. The van der Waals surface area contributed by atoms with Crippen LogP contribution < -0.4 is 16.4 Å². The van der Waals surface area contributed by atoms with Gasteiger partial charge in [0.05, 0.1) is 26.4 Å². The molecule has 1 aromatic rings. The second-order valence-corrected chi connectivity index (χ2v) is 7.95. The number of carbonyl (C=O) groups excluding carboxylic acids is 4. The van der Waals surface area contributed by atoms with Crippen molar-refractivity contribution in [1.82, 2.24) is 20.4 Å². The van der Waals surface area contributed by atoms with Gasteiger partial charge < -0.3 is 35.6 Å². The molecule has 2 atom stereocenters. The first-order valence-electron chi connectivity index (χ1n) is 11.0. The Bertz CT molecular complexity index is 836. The topological polar surface area (TPSA) is 143 Å². The Morgan fingerprint density at radius 2 is 1.85 bits per heavy atom. The molecule has 2 heterocycles. The number of rotatable bonds is 4. The molecule has 0 saturated carbocycles. The minimum Gasteiger partial charge on any atom is -0.377 e. The molecule has 11 nitrogen and oxygen atoms in total. The van der Waals surface area contributed by atoms with Gasteiger partial charge >= 0.3 is 0 Å². The third-order valence-electron chi connectivity index (χ3n) is 5.48. The van der Waals surface area contributed by atoms with E-state index >= 15 is 0 Å². The van der Waals surface area contributed by atoms with E-state index in [-0.39, 0.29) is 69.8 Å². The number of nitrogens with two attached hydrogens (primary N) is 1. The molecule has 0 bridgehead atoms. The van der Waals surface area contributed by atoms with Crippen molar-refractivity contribution in [3.05, 3.63) is 35.9 Å². The van der Waals surface area contributed by atoms with Gasteiger partial charge in [0.25, 0.3) is 5.91 Å². The summed E-state index contributed by atoms with van der Waals surface area (Å²) in [5, 5.41) is 5.52. The van der Waals surface area contributed by atoms with E-state index in [4.69, 9.17) is 15.2 Å². The van der Waals surface area contributed by atoms with Crippen LogP contribution in [0.2, 0.25) is 0 Å². The molecule has 3 rings (SSSR count). The first-order chi connectivity index (χ1) is 16.0. The highest BCUT2D eigenvalue weighted by Crippen LogP contribution is 2.17. The molecule has 4 N–H and O–H groups in total. The fourth-order valence-corrected chi connectivity index (χ4v) is 3.77.